The topological polar surface area (TPSA) is 62.7 Å². The Hall–Kier alpha value is -0.980. The van der Waals surface area contributed by atoms with Crippen LogP contribution in [0.25, 0.3) is 0 Å². The number of likely N-dealkylation sites (tertiary alicyclic amines) is 1. The quantitative estimate of drug-likeness (QED) is 0.927. The van der Waals surface area contributed by atoms with E-state index in [4.69, 9.17) is 4.74 Å². The normalized spacial score (nSPS) is 24.1. The molecule has 21 heavy (non-hydrogen) atoms. The van der Waals surface area contributed by atoms with Gasteiger partial charge in [-0.25, -0.2) is 4.98 Å². The van der Waals surface area contributed by atoms with Crippen LogP contribution in [0.5, 0.6) is 0 Å². The second kappa shape index (κ2) is 6.85. The average Bonchev–Trinajstić information content (AvgIpc) is 2.87. The molecule has 5 nitrogen and oxygen atoms in total. The number of amides is 1. The molecule has 3 unspecified atom stereocenters. The van der Waals surface area contributed by atoms with Crippen molar-refractivity contribution in [1.82, 2.24) is 9.88 Å². The zero-order valence-electron chi connectivity index (χ0n) is 13.1. The molecule has 0 aromatic carbocycles. The van der Waals surface area contributed by atoms with Crippen molar-refractivity contribution in [2.75, 3.05) is 20.3 Å². The lowest BCUT2D eigenvalue weighted by Gasteiger charge is -2.38. The molecule has 2 rings (SSSR count). The molecule has 3 atom stereocenters. The van der Waals surface area contributed by atoms with Gasteiger partial charge in [0.2, 0.25) is 0 Å². The van der Waals surface area contributed by atoms with E-state index in [0.717, 1.165) is 23.5 Å². The standard InChI is InChI=1S/C15H24N2O3S/c1-9-6-5-7-17(12(9)8-18)15(19)13-10(2)16-14(21-13)11(3)20-4/h9,11-12,18H,5-8H2,1-4H3. The van der Waals surface area contributed by atoms with Crippen molar-refractivity contribution < 1.29 is 14.6 Å². The van der Waals surface area contributed by atoms with Crippen molar-refractivity contribution >= 4 is 17.2 Å². The zero-order valence-corrected chi connectivity index (χ0v) is 13.9. The number of carbonyl (C=O) groups is 1. The fraction of sp³-hybridized carbons (Fsp3) is 0.733. The molecule has 1 N–H and O–H groups in total. The lowest BCUT2D eigenvalue weighted by Crippen LogP contribution is -2.49. The first kappa shape index (κ1) is 16.4. The largest absolute Gasteiger partial charge is 0.394 e. The van der Waals surface area contributed by atoms with Crippen LogP contribution in [0.15, 0.2) is 0 Å². The Balaban J connectivity index is 2.24. The summed E-state index contributed by atoms with van der Waals surface area (Å²) in [4.78, 5) is 19.7. The number of aliphatic hydroxyl groups excluding tert-OH is 1. The number of piperidine rings is 1. The highest BCUT2D eigenvalue weighted by atomic mass is 32.1. The van der Waals surface area contributed by atoms with Gasteiger partial charge in [-0.2, -0.15) is 0 Å². The van der Waals surface area contributed by atoms with E-state index in [1.165, 1.54) is 11.3 Å². The molecule has 0 saturated carbocycles. The van der Waals surface area contributed by atoms with Crippen molar-refractivity contribution in [3.63, 3.8) is 0 Å². The van der Waals surface area contributed by atoms with Crippen molar-refractivity contribution in [1.29, 1.82) is 0 Å². The first-order valence-corrected chi connectivity index (χ1v) is 8.23. The Morgan fingerprint density at radius 2 is 2.33 bits per heavy atom. The maximum absolute atomic E-state index is 12.8. The summed E-state index contributed by atoms with van der Waals surface area (Å²) in [5, 5.41) is 10.4. The van der Waals surface area contributed by atoms with Crippen LogP contribution >= 0.6 is 11.3 Å². The third-order valence-corrected chi connectivity index (χ3v) is 5.58. The van der Waals surface area contributed by atoms with Gasteiger partial charge in [-0.1, -0.05) is 6.92 Å². The molecule has 0 bridgehead atoms. The second-order valence-electron chi connectivity index (χ2n) is 5.71. The van der Waals surface area contributed by atoms with E-state index in [2.05, 4.69) is 11.9 Å². The summed E-state index contributed by atoms with van der Waals surface area (Å²) in [7, 11) is 1.64. The highest BCUT2D eigenvalue weighted by molar-refractivity contribution is 7.13. The first-order chi connectivity index (χ1) is 9.99. The van der Waals surface area contributed by atoms with Crippen molar-refractivity contribution in [2.45, 2.75) is 45.8 Å². The third kappa shape index (κ3) is 3.27. The molecule has 1 fully saturated rings. The minimum Gasteiger partial charge on any atom is -0.394 e. The summed E-state index contributed by atoms with van der Waals surface area (Å²) in [6.45, 7) is 6.61. The highest BCUT2D eigenvalue weighted by Gasteiger charge is 2.33. The maximum atomic E-state index is 12.8. The highest BCUT2D eigenvalue weighted by Crippen LogP contribution is 2.30. The lowest BCUT2D eigenvalue weighted by atomic mass is 9.91. The van der Waals surface area contributed by atoms with Gasteiger partial charge in [-0.05, 0) is 32.6 Å². The molecule has 1 amide bonds. The first-order valence-electron chi connectivity index (χ1n) is 7.41. The van der Waals surface area contributed by atoms with E-state index in [1.807, 2.05) is 18.7 Å². The van der Waals surface area contributed by atoms with Crippen LogP contribution in [0.2, 0.25) is 0 Å². The summed E-state index contributed by atoms with van der Waals surface area (Å²) in [5.41, 5.74) is 0.749. The second-order valence-corrected chi connectivity index (χ2v) is 6.74. The van der Waals surface area contributed by atoms with E-state index in [9.17, 15) is 9.90 Å². The summed E-state index contributed by atoms with van der Waals surface area (Å²) in [5.74, 6) is 0.323. The van der Waals surface area contributed by atoms with Crippen LogP contribution in [0.3, 0.4) is 0 Å². The van der Waals surface area contributed by atoms with Gasteiger partial charge in [0.25, 0.3) is 5.91 Å². The average molecular weight is 312 g/mol. The Labute approximate surface area is 129 Å². The number of carbonyl (C=O) groups excluding carboxylic acids is 1. The molecule has 6 heteroatoms. The fourth-order valence-electron chi connectivity index (χ4n) is 2.80. The third-order valence-electron chi connectivity index (χ3n) is 4.27. The predicted octanol–water partition coefficient (Wildman–Crippen LogP) is 2.39. The van der Waals surface area contributed by atoms with Crippen LogP contribution < -0.4 is 0 Å². The number of aliphatic hydroxyl groups is 1. The molecule has 1 aromatic heterocycles. The molecule has 118 valence electrons. The lowest BCUT2D eigenvalue weighted by molar-refractivity contribution is 0.0362. The van der Waals surface area contributed by atoms with Crippen LogP contribution in [0.1, 0.15) is 53.2 Å². The number of aromatic nitrogens is 1. The SMILES string of the molecule is COC(C)c1nc(C)c(C(=O)N2CCCC(C)C2CO)s1. The van der Waals surface area contributed by atoms with E-state index < -0.39 is 0 Å². The number of rotatable bonds is 4. The van der Waals surface area contributed by atoms with Gasteiger partial charge in [-0.3, -0.25) is 4.79 Å². The number of hydrogen-bond acceptors (Lipinski definition) is 5. The summed E-state index contributed by atoms with van der Waals surface area (Å²) in [6, 6.07) is -0.0870. The molecule has 0 aliphatic carbocycles. The monoisotopic (exact) mass is 312 g/mol. The van der Waals surface area contributed by atoms with Crippen molar-refractivity contribution in [3.8, 4) is 0 Å². The van der Waals surface area contributed by atoms with E-state index in [-0.39, 0.29) is 24.7 Å². The van der Waals surface area contributed by atoms with Crippen molar-refractivity contribution in [2.24, 2.45) is 5.92 Å². The van der Waals surface area contributed by atoms with Gasteiger partial charge in [-0.15, -0.1) is 11.3 Å². The number of thiazole rings is 1. The van der Waals surface area contributed by atoms with E-state index in [0.29, 0.717) is 17.3 Å². The molecule has 2 heterocycles. The smallest absolute Gasteiger partial charge is 0.266 e. The predicted molar refractivity (Wildman–Crippen MR) is 82.6 cm³/mol. The molecule has 1 saturated heterocycles. The summed E-state index contributed by atoms with van der Waals surface area (Å²) in [6.07, 6.45) is 1.94. The molecule has 1 aromatic rings. The van der Waals surface area contributed by atoms with Crippen LogP contribution in [0.4, 0.5) is 0 Å². The van der Waals surface area contributed by atoms with Gasteiger partial charge in [0.05, 0.1) is 18.3 Å². The Kier molecular flexibility index (Phi) is 5.35. The number of ether oxygens (including phenoxy) is 1. The molecule has 0 radical (unpaired) electrons. The number of nitrogens with zero attached hydrogens (tertiary/aromatic N) is 2. The van der Waals surface area contributed by atoms with Gasteiger partial charge in [0.15, 0.2) is 0 Å². The van der Waals surface area contributed by atoms with Crippen LogP contribution in [-0.2, 0) is 4.74 Å². The van der Waals surface area contributed by atoms with Gasteiger partial charge in [0.1, 0.15) is 16.0 Å². The molecular weight excluding hydrogens is 288 g/mol. The molecule has 1 aliphatic rings. The van der Waals surface area contributed by atoms with Gasteiger partial charge < -0.3 is 14.7 Å². The number of methoxy groups -OCH3 is 1. The molecular formula is C15H24N2O3S. The molecule has 0 spiro atoms. The zero-order chi connectivity index (χ0) is 15.6. The summed E-state index contributed by atoms with van der Waals surface area (Å²) >= 11 is 1.40. The fourth-order valence-corrected chi connectivity index (χ4v) is 3.85. The van der Waals surface area contributed by atoms with Crippen LogP contribution in [0, 0.1) is 12.8 Å². The maximum Gasteiger partial charge on any atom is 0.266 e. The van der Waals surface area contributed by atoms with Gasteiger partial charge in [0, 0.05) is 13.7 Å². The Morgan fingerprint density at radius 3 is 2.95 bits per heavy atom. The number of aryl methyl sites for hydroxylation is 1. The Morgan fingerprint density at radius 1 is 1.62 bits per heavy atom. The van der Waals surface area contributed by atoms with E-state index in [1.54, 1.807) is 7.11 Å². The van der Waals surface area contributed by atoms with Crippen LogP contribution in [-0.4, -0.2) is 47.2 Å². The Bertz CT molecular complexity index is 503. The van der Waals surface area contributed by atoms with Gasteiger partial charge >= 0.3 is 0 Å². The molecule has 1 aliphatic heterocycles. The minimum absolute atomic E-state index is 0.00912. The number of hydrogen-bond donors (Lipinski definition) is 1. The van der Waals surface area contributed by atoms with Crippen molar-refractivity contribution in [3.05, 3.63) is 15.6 Å². The minimum atomic E-state index is -0.107. The summed E-state index contributed by atoms with van der Waals surface area (Å²) < 4.78 is 5.27. The van der Waals surface area contributed by atoms with E-state index >= 15 is 0 Å².